The second-order valence-electron chi connectivity index (χ2n) is 16.8. The van der Waals surface area contributed by atoms with Gasteiger partial charge in [0.05, 0.1) is 22.8 Å². The van der Waals surface area contributed by atoms with Crippen molar-refractivity contribution in [3.63, 3.8) is 0 Å². The van der Waals surface area contributed by atoms with E-state index in [0.717, 1.165) is 35.6 Å². The van der Waals surface area contributed by atoms with Gasteiger partial charge in [-0.05, 0) is 153 Å². The van der Waals surface area contributed by atoms with Crippen LogP contribution in [0.3, 0.4) is 0 Å². The molecule has 0 saturated heterocycles. The highest BCUT2D eigenvalue weighted by Crippen LogP contribution is 2.68. The molecule has 0 N–H and O–H groups in total. The molecule has 2 fully saturated rings. The molecule has 248 valence electrons. The fraction of sp³-hybridized carbons (Fsp3) is 0.348. The Bertz CT molecular complexity index is 2270. The molecule has 4 bridgehead atoms. The molecule has 50 heavy (non-hydrogen) atoms. The Hall–Kier alpha value is -4.70. The Kier molecular flexibility index (Phi) is 6.57. The van der Waals surface area contributed by atoms with E-state index in [1.54, 1.807) is 0 Å². The second kappa shape index (κ2) is 10.9. The van der Waals surface area contributed by atoms with E-state index in [9.17, 15) is 0 Å². The minimum Gasteiger partial charge on any atom is -0.255 e. The third kappa shape index (κ3) is 4.36. The fourth-order valence-electron chi connectivity index (χ4n) is 11.0. The molecule has 4 aromatic heterocycles. The molecule has 0 aliphatic heterocycles. The lowest BCUT2D eigenvalue weighted by molar-refractivity contribution is -0.00714. The van der Waals surface area contributed by atoms with E-state index in [1.165, 1.54) is 57.0 Å². The first-order valence-electron chi connectivity index (χ1n) is 18.6. The van der Waals surface area contributed by atoms with Crippen LogP contribution in [0.2, 0.25) is 0 Å². The standard InChI is InChI=1S/C46H44N4/c1-45(2)37-23-39(45)35-25-49-43(41-13-7-9-17-47-41)21-31(35)33(37)19-28-16-15-27-11-5-6-12-29(27)30(28)20-34-32-22-44(42-14-8-10-18-48-42)50-26-36(32)40-24-38(34)46(40,3)4/h5-18,21-22,25-26,33-34,37-40H,19-20,23-24H2,1-4H3/t33-,34-,37-,38-,39+,40+/m1/s1. The maximum absolute atomic E-state index is 4.99. The van der Waals surface area contributed by atoms with Gasteiger partial charge in [-0.1, -0.05) is 76.2 Å². The highest BCUT2D eigenvalue weighted by atomic mass is 14.8. The average Bonchev–Trinajstić information content (AvgIpc) is 3.15. The van der Waals surface area contributed by atoms with Crippen molar-refractivity contribution < 1.29 is 0 Å². The van der Waals surface area contributed by atoms with E-state index in [1.807, 2.05) is 24.5 Å². The van der Waals surface area contributed by atoms with Crippen LogP contribution in [0, 0.1) is 22.7 Å². The van der Waals surface area contributed by atoms with Gasteiger partial charge in [0.25, 0.3) is 0 Å². The predicted molar refractivity (Wildman–Crippen MR) is 201 cm³/mol. The minimum absolute atomic E-state index is 0.263. The summed E-state index contributed by atoms with van der Waals surface area (Å²) >= 11 is 0. The molecule has 0 radical (unpaired) electrons. The van der Waals surface area contributed by atoms with Crippen LogP contribution in [0.15, 0.2) is 110 Å². The summed E-state index contributed by atoms with van der Waals surface area (Å²) in [5.74, 6) is 3.31. The summed E-state index contributed by atoms with van der Waals surface area (Å²) in [6.45, 7) is 9.99. The van der Waals surface area contributed by atoms with Gasteiger partial charge in [0.1, 0.15) is 0 Å². The van der Waals surface area contributed by atoms with Crippen molar-refractivity contribution in [3.05, 3.63) is 143 Å². The van der Waals surface area contributed by atoms with Gasteiger partial charge in [0, 0.05) is 24.8 Å². The van der Waals surface area contributed by atoms with Crippen LogP contribution >= 0.6 is 0 Å². The molecule has 0 unspecified atom stereocenters. The van der Waals surface area contributed by atoms with E-state index < -0.39 is 0 Å². The number of benzene rings is 2. The molecule has 4 heterocycles. The van der Waals surface area contributed by atoms with Crippen molar-refractivity contribution in [2.75, 3.05) is 0 Å². The Morgan fingerprint density at radius 2 is 1.08 bits per heavy atom. The third-order valence-electron chi connectivity index (χ3n) is 14.0. The number of rotatable bonds is 6. The van der Waals surface area contributed by atoms with Crippen LogP contribution in [0.4, 0.5) is 0 Å². The van der Waals surface area contributed by atoms with E-state index >= 15 is 0 Å². The Morgan fingerprint density at radius 1 is 0.540 bits per heavy atom. The number of hydrogen-bond acceptors (Lipinski definition) is 4. The predicted octanol–water partition coefficient (Wildman–Crippen LogP) is 10.7. The highest BCUT2D eigenvalue weighted by molar-refractivity contribution is 5.87. The van der Waals surface area contributed by atoms with E-state index in [0.29, 0.717) is 35.5 Å². The molecule has 12 rings (SSSR count). The first-order valence-corrected chi connectivity index (χ1v) is 18.6. The van der Waals surface area contributed by atoms with E-state index in [-0.39, 0.29) is 10.8 Å². The number of pyridine rings is 4. The van der Waals surface area contributed by atoms with Gasteiger partial charge in [-0.2, -0.15) is 0 Å². The van der Waals surface area contributed by atoms with Crippen LogP contribution in [-0.4, -0.2) is 19.9 Å². The first-order chi connectivity index (χ1) is 24.3. The molecule has 6 aromatic rings. The summed E-state index contributed by atoms with van der Waals surface area (Å²) in [4.78, 5) is 19.3. The second-order valence-corrected chi connectivity index (χ2v) is 16.8. The monoisotopic (exact) mass is 652 g/mol. The summed E-state index contributed by atoms with van der Waals surface area (Å²) in [5, 5.41) is 2.75. The van der Waals surface area contributed by atoms with Crippen LogP contribution < -0.4 is 0 Å². The van der Waals surface area contributed by atoms with Gasteiger partial charge >= 0.3 is 0 Å². The van der Waals surface area contributed by atoms with Gasteiger partial charge in [-0.25, -0.2) is 0 Å². The highest BCUT2D eigenvalue weighted by Gasteiger charge is 2.58. The van der Waals surface area contributed by atoms with Crippen molar-refractivity contribution in [2.45, 2.75) is 77.0 Å². The molecule has 2 aromatic carbocycles. The van der Waals surface area contributed by atoms with Crippen molar-refractivity contribution in [2.24, 2.45) is 22.7 Å². The lowest BCUT2D eigenvalue weighted by Crippen LogP contribution is -2.51. The normalized spacial score (nSPS) is 26.3. The molecule has 4 heteroatoms. The smallest absolute Gasteiger partial charge is 0.0889 e. The topological polar surface area (TPSA) is 51.6 Å². The Labute approximate surface area is 295 Å². The largest absolute Gasteiger partial charge is 0.255 e. The molecule has 4 nitrogen and oxygen atoms in total. The zero-order valence-electron chi connectivity index (χ0n) is 29.5. The molecular weight excluding hydrogens is 609 g/mol. The summed E-state index contributed by atoms with van der Waals surface area (Å²) < 4.78 is 0. The Balaban J connectivity index is 1.09. The summed E-state index contributed by atoms with van der Waals surface area (Å²) in [7, 11) is 0. The number of fused-ring (bicyclic) bond motifs is 1. The van der Waals surface area contributed by atoms with Crippen molar-refractivity contribution in [1.82, 2.24) is 19.9 Å². The van der Waals surface area contributed by atoms with E-state index in [4.69, 9.17) is 9.97 Å². The first kappa shape index (κ1) is 30.2. The molecular formula is C46H44N4. The summed E-state index contributed by atoms with van der Waals surface area (Å²) in [6, 6.07) is 31.0. The van der Waals surface area contributed by atoms with Crippen molar-refractivity contribution in [1.29, 1.82) is 0 Å². The molecule has 6 atom stereocenters. The maximum atomic E-state index is 4.99. The molecule has 0 spiro atoms. The van der Waals surface area contributed by atoms with Crippen molar-refractivity contribution in [3.8, 4) is 22.8 Å². The molecule has 6 aliphatic carbocycles. The van der Waals surface area contributed by atoms with E-state index in [2.05, 4.69) is 123 Å². The summed E-state index contributed by atoms with van der Waals surface area (Å²) in [5.41, 5.74) is 13.4. The third-order valence-corrected chi connectivity index (χ3v) is 14.0. The SMILES string of the molecule is CC1(C)[C@@H]2C[C@H]1c1cnc(-c3ccccn3)cc1[C@H]2Cc1ccc2ccccc2c1C[C@@H]1c2cc(-c3ccccn3)ncc2[C@@H]2C[C@H]1C2(C)C. The van der Waals surface area contributed by atoms with Gasteiger partial charge < -0.3 is 0 Å². The maximum Gasteiger partial charge on any atom is 0.0889 e. The van der Waals surface area contributed by atoms with Crippen LogP contribution in [0.25, 0.3) is 33.5 Å². The number of hydrogen-bond donors (Lipinski definition) is 0. The zero-order chi connectivity index (χ0) is 33.8. The lowest BCUT2D eigenvalue weighted by Gasteiger charge is -2.61. The Morgan fingerprint density at radius 3 is 1.62 bits per heavy atom. The van der Waals surface area contributed by atoms with Gasteiger partial charge in [-0.3, -0.25) is 19.9 Å². The van der Waals surface area contributed by atoms with Gasteiger partial charge in [0.2, 0.25) is 0 Å². The quantitative estimate of drug-likeness (QED) is 0.180. The van der Waals surface area contributed by atoms with Gasteiger partial charge in [-0.15, -0.1) is 0 Å². The average molecular weight is 653 g/mol. The van der Waals surface area contributed by atoms with Crippen LogP contribution in [0.1, 0.15) is 97.6 Å². The summed E-state index contributed by atoms with van der Waals surface area (Å²) in [6.07, 6.45) is 12.7. The number of aromatic nitrogens is 4. The van der Waals surface area contributed by atoms with Crippen molar-refractivity contribution >= 4 is 10.8 Å². The fourth-order valence-corrected chi connectivity index (χ4v) is 11.0. The molecule has 6 aliphatic rings. The van der Waals surface area contributed by atoms with Gasteiger partial charge in [0.15, 0.2) is 0 Å². The number of nitrogens with zero attached hydrogens (tertiary/aromatic N) is 4. The molecule has 2 saturated carbocycles. The van der Waals surface area contributed by atoms with Crippen LogP contribution in [0.5, 0.6) is 0 Å². The zero-order valence-corrected chi connectivity index (χ0v) is 29.5. The minimum atomic E-state index is 0.263. The lowest BCUT2D eigenvalue weighted by atomic mass is 9.43. The van der Waals surface area contributed by atoms with Crippen LogP contribution in [-0.2, 0) is 12.8 Å². The molecule has 0 amide bonds.